The second kappa shape index (κ2) is 4.42. The summed E-state index contributed by atoms with van der Waals surface area (Å²) in [6.07, 6.45) is 0. The molecule has 0 atom stereocenters. The van der Waals surface area contributed by atoms with Gasteiger partial charge < -0.3 is 0 Å². The molecule has 0 bridgehead atoms. The Kier molecular flexibility index (Phi) is 2.96. The molecule has 1 aromatic carbocycles. The van der Waals surface area contributed by atoms with Crippen LogP contribution >= 0.6 is 0 Å². The molecule has 0 aliphatic rings. The first-order valence-electron chi connectivity index (χ1n) is 4.67. The van der Waals surface area contributed by atoms with Crippen molar-refractivity contribution in [1.29, 1.82) is 5.26 Å². The minimum atomic E-state index is -0.514. The quantitative estimate of drug-likeness (QED) is 0.518. The van der Waals surface area contributed by atoms with E-state index in [0.717, 1.165) is 5.56 Å². The third kappa shape index (κ3) is 1.94. The number of nitro groups is 1. The van der Waals surface area contributed by atoms with Crippen LogP contribution in [0.2, 0.25) is 0 Å². The van der Waals surface area contributed by atoms with Gasteiger partial charge in [-0.1, -0.05) is 0 Å². The van der Waals surface area contributed by atoms with Crippen molar-refractivity contribution in [1.82, 2.24) is 0 Å². The SMILES string of the molecule is N#Cc1c(-c2ccccc2)[se]c([N+](=O)[O-])c1N. The van der Waals surface area contributed by atoms with Crippen LogP contribution in [0.4, 0.5) is 10.2 Å². The molecule has 0 aliphatic heterocycles. The number of hydrogen-bond acceptors (Lipinski definition) is 4. The Morgan fingerprint density at radius 3 is 2.53 bits per heavy atom. The van der Waals surface area contributed by atoms with Crippen molar-refractivity contribution in [2.24, 2.45) is 0 Å². The molecule has 84 valence electrons. The summed E-state index contributed by atoms with van der Waals surface area (Å²) in [5.41, 5.74) is 6.71. The molecular weight excluding hydrogens is 285 g/mol. The summed E-state index contributed by atoms with van der Waals surface area (Å²) in [6.45, 7) is 0. The first-order valence-corrected chi connectivity index (χ1v) is 6.38. The standard InChI is InChI=1S/C11H7N3O2Se/c12-6-8-9(13)11(14(15)16)17-10(8)7-4-2-1-3-5-7/h1-5H,13H2. The van der Waals surface area contributed by atoms with Gasteiger partial charge in [0, 0.05) is 0 Å². The molecule has 5 nitrogen and oxygen atoms in total. The van der Waals surface area contributed by atoms with E-state index in [9.17, 15) is 10.1 Å². The number of nitrogens with zero attached hydrogens (tertiary/aromatic N) is 2. The average molecular weight is 292 g/mol. The first kappa shape index (κ1) is 11.4. The minimum absolute atomic E-state index is 0.0105. The molecule has 0 saturated heterocycles. The van der Waals surface area contributed by atoms with E-state index in [-0.39, 0.29) is 15.8 Å². The Hall–Kier alpha value is -2.09. The summed E-state index contributed by atoms with van der Waals surface area (Å²) in [5, 5.41) is 19.8. The van der Waals surface area contributed by atoms with E-state index in [2.05, 4.69) is 0 Å². The van der Waals surface area contributed by atoms with Gasteiger partial charge in [0.15, 0.2) is 0 Å². The number of benzene rings is 1. The second-order valence-corrected chi connectivity index (χ2v) is 5.36. The van der Waals surface area contributed by atoms with Crippen LogP contribution in [0.25, 0.3) is 10.0 Å². The Morgan fingerprint density at radius 2 is 2.00 bits per heavy atom. The Bertz CT molecular complexity index is 614. The van der Waals surface area contributed by atoms with Crippen LogP contribution in [0.5, 0.6) is 0 Å². The summed E-state index contributed by atoms with van der Waals surface area (Å²) in [7, 11) is 0. The molecule has 0 amide bonds. The van der Waals surface area contributed by atoms with Crippen molar-refractivity contribution >= 4 is 24.8 Å². The molecule has 0 fully saturated rings. The summed E-state index contributed by atoms with van der Waals surface area (Å²) < 4.78 is 0.651. The summed E-state index contributed by atoms with van der Waals surface area (Å²) in [4.78, 5) is 10.3. The van der Waals surface area contributed by atoms with E-state index in [0.29, 0.717) is 4.44 Å². The third-order valence-electron chi connectivity index (χ3n) is 2.24. The molecule has 0 aliphatic carbocycles. The molecule has 1 aromatic heterocycles. The average Bonchev–Trinajstić information content (AvgIpc) is 2.67. The monoisotopic (exact) mass is 293 g/mol. The van der Waals surface area contributed by atoms with E-state index in [1.54, 1.807) is 0 Å². The van der Waals surface area contributed by atoms with Gasteiger partial charge >= 0.3 is 103 Å². The van der Waals surface area contributed by atoms with Crippen molar-refractivity contribution in [3.63, 3.8) is 0 Å². The van der Waals surface area contributed by atoms with Crippen LogP contribution in [0, 0.1) is 21.4 Å². The number of rotatable bonds is 2. The number of hydrogen-bond donors (Lipinski definition) is 1. The van der Waals surface area contributed by atoms with Crippen molar-refractivity contribution in [2.75, 3.05) is 5.73 Å². The molecular formula is C11H7N3O2Se. The molecule has 0 unspecified atom stereocenters. The molecule has 2 rings (SSSR count). The van der Waals surface area contributed by atoms with Crippen LogP contribution in [-0.4, -0.2) is 19.4 Å². The predicted octanol–water partition coefficient (Wildman–Crippen LogP) is 1.77. The van der Waals surface area contributed by atoms with Crippen molar-refractivity contribution in [2.45, 2.75) is 0 Å². The molecule has 2 aromatic rings. The van der Waals surface area contributed by atoms with Gasteiger partial charge in [-0.15, -0.1) is 0 Å². The zero-order valence-electron chi connectivity index (χ0n) is 8.58. The van der Waals surface area contributed by atoms with Gasteiger partial charge in [-0.3, -0.25) is 0 Å². The van der Waals surface area contributed by atoms with Gasteiger partial charge in [-0.05, 0) is 0 Å². The normalized spacial score (nSPS) is 9.82. The van der Waals surface area contributed by atoms with Gasteiger partial charge in [0.25, 0.3) is 0 Å². The van der Waals surface area contributed by atoms with E-state index in [1.807, 2.05) is 36.4 Å². The van der Waals surface area contributed by atoms with Gasteiger partial charge in [0.2, 0.25) is 0 Å². The molecule has 1 heterocycles. The predicted molar refractivity (Wildman–Crippen MR) is 64.6 cm³/mol. The third-order valence-corrected chi connectivity index (χ3v) is 4.77. The van der Waals surface area contributed by atoms with Crippen LogP contribution < -0.4 is 5.73 Å². The van der Waals surface area contributed by atoms with Crippen LogP contribution in [0.15, 0.2) is 30.3 Å². The number of nitriles is 1. The van der Waals surface area contributed by atoms with Crippen molar-refractivity contribution in [3.05, 3.63) is 46.0 Å². The molecule has 17 heavy (non-hydrogen) atoms. The fraction of sp³-hybridized carbons (Fsp3) is 0. The Labute approximate surface area is 103 Å². The molecule has 0 radical (unpaired) electrons. The van der Waals surface area contributed by atoms with Crippen LogP contribution in [0.3, 0.4) is 0 Å². The fourth-order valence-electron chi connectivity index (χ4n) is 1.47. The zero-order valence-corrected chi connectivity index (χ0v) is 10.3. The van der Waals surface area contributed by atoms with Crippen LogP contribution in [-0.2, 0) is 0 Å². The molecule has 0 saturated carbocycles. The van der Waals surface area contributed by atoms with E-state index in [4.69, 9.17) is 11.0 Å². The van der Waals surface area contributed by atoms with E-state index >= 15 is 0 Å². The number of nitrogen functional groups attached to an aromatic ring is 1. The molecule has 0 spiro atoms. The number of nitrogens with two attached hydrogens (primary N) is 1. The van der Waals surface area contributed by atoms with Crippen LogP contribution in [0.1, 0.15) is 5.56 Å². The van der Waals surface area contributed by atoms with Gasteiger partial charge in [0.1, 0.15) is 0 Å². The summed E-state index contributed by atoms with van der Waals surface area (Å²) >= 11 is -0.514. The Balaban J connectivity index is 2.68. The van der Waals surface area contributed by atoms with Crippen molar-refractivity contribution < 1.29 is 4.92 Å². The zero-order chi connectivity index (χ0) is 12.4. The second-order valence-electron chi connectivity index (χ2n) is 3.26. The van der Waals surface area contributed by atoms with Gasteiger partial charge in [-0.2, -0.15) is 0 Å². The van der Waals surface area contributed by atoms with Crippen molar-refractivity contribution in [3.8, 4) is 16.1 Å². The maximum absolute atomic E-state index is 10.8. The van der Waals surface area contributed by atoms with E-state index < -0.39 is 19.4 Å². The fourth-order valence-corrected chi connectivity index (χ4v) is 3.55. The van der Waals surface area contributed by atoms with E-state index in [1.165, 1.54) is 0 Å². The van der Waals surface area contributed by atoms with Gasteiger partial charge in [0.05, 0.1) is 0 Å². The molecule has 2 N–H and O–H groups in total. The van der Waals surface area contributed by atoms with Gasteiger partial charge in [-0.25, -0.2) is 0 Å². The first-order chi connectivity index (χ1) is 8.15. The summed E-state index contributed by atoms with van der Waals surface area (Å²) in [6, 6.07) is 11.1. The summed E-state index contributed by atoms with van der Waals surface area (Å²) in [5.74, 6) is 0. The molecule has 6 heteroatoms. The maximum atomic E-state index is 10.8. The number of anilines is 1. The topological polar surface area (TPSA) is 92.9 Å². The Morgan fingerprint density at radius 1 is 1.35 bits per heavy atom.